The molecule has 0 aliphatic heterocycles. The second-order valence-electron chi connectivity index (χ2n) is 5.64. The summed E-state index contributed by atoms with van der Waals surface area (Å²) in [6.45, 7) is 9.92. The van der Waals surface area contributed by atoms with E-state index in [1.807, 2.05) is 25.1 Å². The first-order valence-corrected chi connectivity index (χ1v) is 9.37. The summed E-state index contributed by atoms with van der Waals surface area (Å²) in [6, 6.07) is 8.16. The predicted molar refractivity (Wildman–Crippen MR) is 91.4 cm³/mol. The van der Waals surface area contributed by atoms with Crippen LogP contribution in [-0.4, -0.2) is 28.9 Å². The van der Waals surface area contributed by atoms with Crippen molar-refractivity contribution in [2.24, 2.45) is 5.92 Å². The molecule has 0 saturated heterocycles. The van der Waals surface area contributed by atoms with Crippen molar-refractivity contribution in [2.75, 3.05) is 24.7 Å². The Balaban J connectivity index is 2.88. The summed E-state index contributed by atoms with van der Waals surface area (Å²) >= 11 is 0. The van der Waals surface area contributed by atoms with Gasteiger partial charge in [0.15, 0.2) is 0 Å². The Morgan fingerprint density at radius 3 is 2.52 bits per heavy atom. The zero-order valence-corrected chi connectivity index (χ0v) is 14.5. The van der Waals surface area contributed by atoms with Crippen molar-refractivity contribution in [3.8, 4) is 5.75 Å². The van der Waals surface area contributed by atoms with E-state index < -0.39 is 10.8 Å². The van der Waals surface area contributed by atoms with Gasteiger partial charge in [0.05, 0.1) is 6.61 Å². The van der Waals surface area contributed by atoms with E-state index in [9.17, 15) is 4.21 Å². The first kappa shape index (κ1) is 18.2. The zero-order valence-electron chi connectivity index (χ0n) is 13.7. The SMILES string of the molecule is CCCNC(CS(=O)CC(C)C)c1ccccc1OCC. The number of para-hydroxylation sites is 1. The van der Waals surface area contributed by atoms with Crippen molar-refractivity contribution in [1.82, 2.24) is 5.32 Å². The van der Waals surface area contributed by atoms with Gasteiger partial charge in [-0.2, -0.15) is 0 Å². The molecule has 0 aliphatic carbocycles. The lowest BCUT2D eigenvalue weighted by molar-refractivity contribution is 0.332. The molecule has 0 spiro atoms. The Kier molecular flexibility index (Phi) is 8.62. The smallest absolute Gasteiger partial charge is 0.124 e. The van der Waals surface area contributed by atoms with E-state index in [0.717, 1.165) is 30.0 Å². The minimum atomic E-state index is -0.814. The van der Waals surface area contributed by atoms with Gasteiger partial charge in [0, 0.05) is 33.9 Å². The van der Waals surface area contributed by atoms with Crippen LogP contribution in [0.4, 0.5) is 0 Å². The standard InChI is InChI=1S/C17H29NO2S/c1-5-11-18-16(13-21(19)12-14(3)4)15-9-7-8-10-17(15)20-6-2/h7-10,14,16,18H,5-6,11-13H2,1-4H3. The quantitative estimate of drug-likeness (QED) is 0.718. The van der Waals surface area contributed by atoms with Gasteiger partial charge in [-0.3, -0.25) is 4.21 Å². The lowest BCUT2D eigenvalue weighted by Gasteiger charge is -2.22. The molecule has 1 aromatic rings. The van der Waals surface area contributed by atoms with Crippen molar-refractivity contribution < 1.29 is 8.95 Å². The van der Waals surface area contributed by atoms with Crippen LogP contribution in [0.1, 0.15) is 45.7 Å². The number of hydrogen-bond donors (Lipinski definition) is 1. The molecule has 0 fully saturated rings. The van der Waals surface area contributed by atoms with Gasteiger partial charge >= 0.3 is 0 Å². The van der Waals surface area contributed by atoms with E-state index in [2.05, 4.69) is 32.2 Å². The van der Waals surface area contributed by atoms with Crippen LogP contribution in [0.25, 0.3) is 0 Å². The van der Waals surface area contributed by atoms with Crippen LogP contribution in [-0.2, 0) is 10.8 Å². The van der Waals surface area contributed by atoms with Crippen LogP contribution in [0.15, 0.2) is 24.3 Å². The van der Waals surface area contributed by atoms with E-state index in [4.69, 9.17) is 4.74 Å². The van der Waals surface area contributed by atoms with Crippen molar-refractivity contribution in [3.63, 3.8) is 0 Å². The van der Waals surface area contributed by atoms with Gasteiger partial charge in [0.25, 0.3) is 0 Å². The van der Waals surface area contributed by atoms with Gasteiger partial charge in [-0.1, -0.05) is 39.0 Å². The molecule has 0 saturated carbocycles. The summed E-state index contributed by atoms with van der Waals surface area (Å²) in [5.74, 6) is 2.75. The Hall–Kier alpha value is -0.870. The predicted octanol–water partition coefficient (Wildman–Crippen LogP) is 3.53. The fraction of sp³-hybridized carbons (Fsp3) is 0.647. The lowest BCUT2D eigenvalue weighted by atomic mass is 10.1. The average Bonchev–Trinajstić information content (AvgIpc) is 2.43. The molecule has 0 amide bonds. The molecule has 1 N–H and O–H groups in total. The van der Waals surface area contributed by atoms with Crippen molar-refractivity contribution in [1.29, 1.82) is 0 Å². The van der Waals surface area contributed by atoms with Gasteiger partial charge < -0.3 is 10.1 Å². The summed E-state index contributed by atoms with van der Waals surface area (Å²) in [6.07, 6.45) is 1.06. The summed E-state index contributed by atoms with van der Waals surface area (Å²) in [5, 5.41) is 3.52. The molecule has 0 aromatic heterocycles. The van der Waals surface area contributed by atoms with Crippen molar-refractivity contribution in [2.45, 2.75) is 40.2 Å². The Morgan fingerprint density at radius 2 is 1.90 bits per heavy atom. The van der Waals surface area contributed by atoms with Crippen molar-refractivity contribution >= 4 is 10.8 Å². The first-order chi connectivity index (χ1) is 10.1. The van der Waals surface area contributed by atoms with E-state index in [1.165, 1.54) is 0 Å². The summed E-state index contributed by atoms with van der Waals surface area (Å²) in [5.41, 5.74) is 1.12. The normalized spacial score (nSPS) is 14.1. The number of hydrogen-bond acceptors (Lipinski definition) is 3. The summed E-state index contributed by atoms with van der Waals surface area (Å²) in [7, 11) is -0.814. The molecule has 2 unspecified atom stereocenters. The Morgan fingerprint density at radius 1 is 1.19 bits per heavy atom. The zero-order chi connectivity index (χ0) is 15.7. The van der Waals surface area contributed by atoms with Gasteiger partial charge in [0.1, 0.15) is 5.75 Å². The lowest BCUT2D eigenvalue weighted by Crippen LogP contribution is -2.28. The minimum absolute atomic E-state index is 0.0901. The highest BCUT2D eigenvalue weighted by Crippen LogP contribution is 2.26. The van der Waals surface area contributed by atoms with E-state index in [-0.39, 0.29) is 6.04 Å². The fourth-order valence-electron chi connectivity index (χ4n) is 2.26. The third-order valence-corrected chi connectivity index (χ3v) is 4.85. The molecule has 0 aliphatic rings. The second-order valence-corrected chi connectivity index (χ2v) is 7.19. The van der Waals surface area contributed by atoms with Crippen molar-refractivity contribution in [3.05, 3.63) is 29.8 Å². The molecule has 0 radical (unpaired) electrons. The molecular formula is C17H29NO2S. The van der Waals surface area contributed by atoms with Crippen LogP contribution >= 0.6 is 0 Å². The third kappa shape index (κ3) is 6.62. The maximum atomic E-state index is 12.3. The van der Waals surface area contributed by atoms with E-state index in [1.54, 1.807) is 0 Å². The fourth-order valence-corrected chi connectivity index (χ4v) is 3.81. The van der Waals surface area contributed by atoms with Gasteiger partial charge in [0.2, 0.25) is 0 Å². The molecule has 2 atom stereocenters. The average molecular weight is 311 g/mol. The number of rotatable bonds is 10. The molecule has 0 heterocycles. The molecule has 1 rings (SSSR count). The highest BCUT2D eigenvalue weighted by molar-refractivity contribution is 7.85. The highest BCUT2D eigenvalue weighted by atomic mass is 32.2. The third-order valence-electron chi connectivity index (χ3n) is 3.11. The van der Waals surface area contributed by atoms with E-state index >= 15 is 0 Å². The Labute approximate surface area is 131 Å². The van der Waals surface area contributed by atoms with Gasteiger partial charge in [-0.25, -0.2) is 0 Å². The monoisotopic (exact) mass is 311 g/mol. The largest absolute Gasteiger partial charge is 0.494 e. The van der Waals surface area contributed by atoms with Crippen LogP contribution in [0.2, 0.25) is 0 Å². The summed E-state index contributed by atoms with van der Waals surface area (Å²) < 4.78 is 18.0. The number of ether oxygens (including phenoxy) is 1. The number of benzene rings is 1. The molecule has 4 heteroatoms. The maximum Gasteiger partial charge on any atom is 0.124 e. The molecule has 0 bridgehead atoms. The van der Waals surface area contributed by atoms with Crippen LogP contribution in [0, 0.1) is 5.92 Å². The number of nitrogens with one attached hydrogen (secondary N) is 1. The Bertz CT molecular complexity index is 435. The van der Waals surface area contributed by atoms with Gasteiger partial charge in [-0.05, 0) is 31.9 Å². The summed E-state index contributed by atoms with van der Waals surface area (Å²) in [4.78, 5) is 0. The van der Waals surface area contributed by atoms with E-state index in [0.29, 0.717) is 18.3 Å². The highest BCUT2D eigenvalue weighted by Gasteiger charge is 2.18. The minimum Gasteiger partial charge on any atom is -0.494 e. The van der Waals surface area contributed by atoms with Gasteiger partial charge in [-0.15, -0.1) is 0 Å². The van der Waals surface area contributed by atoms with Crippen LogP contribution in [0.5, 0.6) is 5.75 Å². The van der Waals surface area contributed by atoms with Crippen LogP contribution < -0.4 is 10.1 Å². The maximum absolute atomic E-state index is 12.3. The second kappa shape index (κ2) is 9.96. The molecular weight excluding hydrogens is 282 g/mol. The van der Waals surface area contributed by atoms with Crippen LogP contribution in [0.3, 0.4) is 0 Å². The topological polar surface area (TPSA) is 38.3 Å². The first-order valence-electron chi connectivity index (χ1n) is 7.88. The molecule has 120 valence electrons. The molecule has 3 nitrogen and oxygen atoms in total. The molecule has 1 aromatic carbocycles. The molecule has 21 heavy (non-hydrogen) atoms.